The van der Waals surface area contributed by atoms with E-state index in [2.05, 4.69) is 15.6 Å². The smallest absolute Gasteiger partial charge is 0.335 e. The van der Waals surface area contributed by atoms with Gasteiger partial charge in [-0.3, -0.25) is 0 Å². The molecule has 0 saturated heterocycles. The predicted molar refractivity (Wildman–Crippen MR) is 83.9 cm³/mol. The second kappa shape index (κ2) is 7.56. The maximum absolute atomic E-state index is 11.9. The maximum Gasteiger partial charge on any atom is 0.335 e. The molecule has 3 N–H and O–H groups in total. The molecule has 1 aromatic carbocycles. The number of urea groups is 1. The van der Waals surface area contributed by atoms with E-state index in [4.69, 9.17) is 5.11 Å². The Labute approximate surface area is 132 Å². The summed E-state index contributed by atoms with van der Waals surface area (Å²) in [7, 11) is 0. The first-order valence-corrected chi connectivity index (χ1v) is 7.74. The van der Waals surface area contributed by atoms with Crippen molar-refractivity contribution in [3.05, 3.63) is 52.0 Å². The number of carbonyl (C=O) groups excluding carboxylic acids is 1. The van der Waals surface area contributed by atoms with E-state index < -0.39 is 5.97 Å². The highest BCUT2D eigenvalue weighted by Crippen LogP contribution is 2.18. The average Bonchev–Trinajstić information content (AvgIpc) is 3.05. The standard InChI is InChI=1S/C15H17N3O3S/c1-2-12(13-16-7-8-22-13)18-15(21)17-9-10-3-5-11(6-4-10)14(19)20/h3-8,12H,2,9H2,1H3,(H,19,20)(H2,17,18,21). The molecule has 0 aliphatic heterocycles. The molecule has 2 rings (SSSR count). The van der Waals surface area contributed by atoms with Crippen molar-refractivity contribution >= 4 is 23.3 Å². The van der Waals surface area contributed by atoms with Crippen molar-refractivity contribution < 1.29 is 14.7 Å². The Morgan fingerprint density at radius 3 is 2.59 bits per heavy atom. The highest BCUT2D eigenvalue weighted by Gasteiger charge is 2.14. The van der Waals surface area contributed by atoms with Gasteiger partial charge in [-0.2, -0.15) is 0 Å². The van der Waals surface area contributed by atoms with Crippen molar-refractivity contribution in [2.45, 2.75) is 25.9 Å². The minimum atomic E-state index is -0.966. The Bertz CT molecular complexity index is 626. The summed E-state index contributed by atoms with van der Waals surface area (Å²) in [5.74, 6) is -0.966. The van der Waals surface area contributed by atoms with Crippen LogP contribution >= 0.6 is 11.3 Å². The second-order valence-electron chi connectivity index (χ2n) is 4.66. The molecule has 2 aromatic rings. The molecular formula is C15H17N3O3S. The number of aromatic carboxylic acids is 1. The molecule has 0 fully saturated rings. The molecule has 0 aliphatic carbocycles. The molecule has 1 unspecified atom stereocenters. The van der Waals surface area contributed by atoms with Crippen LogP contribution in [0.2, 0.25) is 0 Å². The van der Waals surface area contributed by atoms with Crippen LogP contribution in [0, 0.1) is 0 Å². The second-order valence-corrected chi connectivity index (χ2v) is 5.59. The van der Waals surface area contributed by atoms with E-state index in [9.17, 15) is 9.59 Å². The Morgan fingerprint density at radius 1 is 1.32 bits per heavy atom. The largest absolute Gasteiger partial charge is 0.478 e. The monoisotopic (exact) mass is 319 g/mol. The van der Waals surface area contributed by atoms with Crippen molar-refractivity contribution in [3.8, 4) is 0 Å². The van der Waals surface area contributed by atoms with Gasteiger partial charge in [0.1, 0.15) is 5.01 Å². The summed E-state index contributed by atoms with van der Waals surface area (Å²) in [5.41, 5.74) is 1.06. The van der Waals surface area contributed by atoms with Gasteiger partial charge in [0, 0.05) is 18.1 Å². The number of carboxylic acids is 1. The van der Waals surface area contributed by atoms with Crippen molar-refractivity contribution in [2.75, 3.05) is 0 Å². The first-order valence-electron chi connectivity index (χ1n) is 6.86. The number of nitrogens with one attached hydrogen (secondary N) is 2. The van der Waals surface area contributed by atoms with Crippen molar-refractivity contribution in [2.24, 2.45) is 0 Å². The van der Waals surface area contributed by atoms with E-state index in [1.807, 2.05) is 12.3 Å². The number of hydrogen-bond donors (Lipinski definition) is 3. The summed E-state index contributed by atoms with van der Waals surface area (Å²) in [6.45, 7) is 2.32. The van der Waals surface area contributed by atoms with E-state index in [1.165, 1.54) is 23.5 Å². The van der Waals surface area contributed by atoms with Gasteiger partial charge in [0.2, 0.25) is 0 Å². The lowest BCUT2D eigenvalue weighted by Crippen LogP contribution is -2.37. The van der Waals surface area contributed by atoms with Crippen LogP contribution in [0.1, 0.15) is 40.3 Å². The molecule has 0 bridgehead atoms. The lowest BCUT2D eigenvalue weighted by atomic mass is 10.1. The molecule has 7 heteroatoms. The van der Waals surface area contributed by atoms with Crippen LogP contribution in [0.15, 0.2) is 35.8 Å². The number of amides is 2. The van der Waals surface area contributed by atoms with Gasteiger partial charge in [0.25, 0.3) is 0 Å². The van der Waals surface area contributed by atoms with Crippen molar-refractivity contribution in [1.29, 1.82) is 0 Å². The minimum Gasteiger partial charge on any atom is -0.478 e. The van der Waals surface area contributed by atoms with Gasteiger partial charge in [-0.1, -0.05) is 19.1 Å². The van der Waals surface area contributed by atoms with E-state index in [0.29, 0.717) is 6.54 Å². The number of rotatable bonds is 6. The summed E-state index contributed by atoms with van der Waals surface area (Å²) in [4.78, 5) is 26.9. The highest BCUT2D eigenvalue weighted by atomic mass is 32.1. The van der Waals surface area contributed by atoms with Gasteiger partial charge in [0.15, 0.2) is 0 Å². The van der Waals surface area contributed by atoms with Crippen LogP contribution in [0.4, 0.5) is 4.79 Å². The first-order chi connectivity index (χ1) is 10.6. The summed E-state index contributed by atoms with van der Waals surface area (Å²) < 4.78 is 0. The summed E-state index contributed by atoms with van der Waals surface area (Å²) in [6.07, 6.45) is 2.47. The summed E-state index contributed by atoms with van der Waals surface area (Å²) >= 11 is 1.51. The molecule has 116 valence electrons. The zero-order valence-corrected chi connectivity index (χ0v) is 12.9. The SMILES string of the molecule is CCC(NC(=O)NCc1ccc(C(=O)O)cc1)c1nccs1. The quantitative estimate of drug-likeness (QED) is 0.763. The summed E-state index contributed by atoms with van der Waals surface area (Å²) in [5, 5.41) is 17.2. The van der Waals surface area contributed by atoms with E-state index in [-0.39, 0.29) is 17.6 Å². The van der Waals surface area contributed by atoms with Crippen molar-refractivity contribution in [1.82, 2.24) is 15.6 Å². The predicted octanol–water partition coefficient (Wildman–Crippen LogP) is 2.79. The number of hydrogen-bond acceptors (Lipinski definition) is 4. The average molecular weight is 319 g/mol. The van der Waals surface area contributed by atoms with Crippen LogP contribution in [0.3, 0.4) is 0 Å². The zero-order valence-electron chi connectivity index (χ0n) is 12.1. The Kier molecular flexibility index (Phi) is 5.48. The van der Waals surface area contributed by atoms with Gasteiger partial charge < -0.3 is 15.7 Å². The molecule has 22 heavy (non-hydrogen) atoms. The molecule has 1 atom stereocenters. The number of benzene rings is 1. The number of carboxylic acid groups (broad SMARTS) is 1. The third kappa shape index (κ3) is 4.29. The van der Waals surface area contributed by atoms with Gasteiger partial charge in [0.05, 0.1) is 11.6 Å². The normalized spacial score (nSPS) is 11.7. The number of carbonyl (C=O) groups is 2. The Morgan fingerprint density at radius 2 is 2.05 bits per heavy atom. The lowest BCUT2D eigenvalue weighted by molar-refractivity contribution is 0.0697. The molecule has 1 aromatic heterocycles. The molecule has 0 saturated carbocycles. The highest BCUT2D eigenvalue weighted by molar-refractivity contribution is 7.09. The van der Waals surface area contributed by atoms with Crippen molar-refractivity contribution in [3.63, 3.8) is 0 Å². The number of thiazole rings is 1. The third-order valence-corrected chi connectivity index (χ3v) is 4.01. The minimum absolute atomic E-state index is 0.102. The molecule has 0 spiro atoms. The maximum atomic E-state index is 11.9. The van der Waals surface area contributed by atoms with E-state index >= 15 is 0 Å². The van der Waals surface area contributed by atoms with Crippen LogP contribution in [0.25, 0.3) is 0 Å². The molecule has 6 nitrogen and oxygen atoms in total. The lowest BCUT2D eigenvalue weighted by Gasteiger charge is -2.15. The van der Waals surface area contributed by atoms with Gasteiger partial charge >= 0.3 is 12.0 Å². The summed E-state index contributed by atoms with van der Waals surface area (Å²) in [6, 6.07) is 6.02. The molecular weight excluding hydrogens is 302 g/mol. The number of nitrogens with zero attached hydrogens (tertiary/aromatic N) is 1. The fraction of sp³-hybridized carbons (Fsp3) is 0.267. The van der Waals surface area contributed by atoms with Gasteiger partial charge in [-0.25, -0.2) is 14.6 Å². The molecule has 0 radical (unpaired) electrons. The zero-order chi connectivity index (χ0) is 15.9. The Hall–Kier alpha value is -2.41. The van der Waals surface area contributed by atoms with Crippen LogP contribution in [-0.4, -0.2) is 22.1 Å². The van der Waals surface area contributed by atoms with Gasteiger partial charge in [-0.05, 0) is 24.1 Å². The van der Waals surface area contributed by atoms with Gasteiger partial charge in [-0.15, -0.1) is 11.3 Å². The van der Waals surface area contributed by atoms with Crippen LogP contribution in [0.5, 0.6) is 0 Å². The van der Waals surface area contributed by atoms with Crippen LogP contribution in [-0.2, 0) is 6.54 Å². The Balaban J connectivity index is 1.85. The van der Waals surface area contributed by atoms with E-state index in [0.717, 1.165) is 17.0 Å². The fourth-order valence-corrected chi connectivity index (χ4v) is 2.67. The third-order valence-electron chi connectivity index (χ3n) is 3.12. The molecule has 0 aliphatic rings. The topological polar surface area (TPSA) is 91.3 Å². The van der Waals surface area contributed by atoms with E-state index in [1.54, 1.807) is 18.3 Å². The molecule has 1 heterocycles. The number of aromatic nitrogens is 1. The van der Waals surface area contributed by atoms with Crippen LogP contribution < -0.4 is 10.6 Å². The first kappa shape index (κ1) is 16.0. The molecule has 2 amide bonds. The fourth-order valence-electron chi connectivity index (χ4n) is 1.90.